The molecule has 0 saturated heterocycles. The summed E-state index contributed by atoms with van der Waals surface area (Å²) in [6.45, 7) is 4.50. The maximum absolute atomic E-state index is 5.90. The summed E-state index contributed by atoms with van der Waals surface area (Å²) in [5.74, 6) is 1.63. The topological polar surface area (TPSA) is 26.0 Å². The maximum atomic E-state index is 5.90. The van der Waals surface area contributed by atoms with Crippen LogP contribution in [0.1, 0.15) is 49.7 Å². The van der Waals surface area contributed by atoms with Crippen LogP contribution in [0.5, 0.6) is 0 Å². The zero-order valence-electron chi connectivity index (χ0n) is 9.79. The summed E-state index contributed by atoms with van der Waals surface area (Å²) in [5, 5.41) is 0. The van der Waals surface area contributed by atoms with Crippen molar-refractivity contribution in [2.24, 2.45) is 5.92 Å². The van der Waals surface area contributed by atoms with Gasteiger partial charge in [-0.1, -0.05) is 25.8 Å². The second kappa shape index (κ2) is 4.26. The number of nitrogen functional groups attached to an aromatic ring is 1. The van der Waals surface area contributed by atoms with Gasteiger partial charge in [-0.05, 0) is 54.9 Å². The highest BCUT2D eigenvalue weighted by molar-refractivity contribution is 5.45. The fraction of sp³-hybridized carbons (Fsp3) is 0.571. The summed E-state index contributed by atoms with van der Waals surface area (Å²) in [4.78, 5) is 0. The Morgan fingerprint density at radius 2 is 2.00 bits per heavy atom. The van der Waals surface area contributed by atoms with Crippen LogP contribution in [0.15, 0.2) is 18.2 Å². The smallest absolute Gasteiger partial charge is 0.0319 e. The Bertz CT molecular complexity index is 323. The predicted molar refractivity (Wildman–Crippen MR) is 66.0 cm³/mol. The average Bonchev–Trinajstić information content (AvgIpc) is 2.16. The van der Waals surface area contributed by atoms with Crippen molar-refractivity contribution < 1.29 is 0 Å². The Kier molecular flexibility index (Phi) is 2.99. The molecule has 1 aliphatic carbocycles. The van der Waals surface area contributed by atoms with Gasteiger partial charge in [0.2, 0.25) is 0 Å². The molecule has 1 saturated carbocycles. The van der Waals surface area contributed by atoms with Gasteiger partial charge in [-0.25, -0.2) is 0 Å². The molecule has 0 aliphatic heterocycles. The summed E-state index contributed by atoms with van der Waals surface area (Å²) in [6.07, 6.45) is 5.45. The first kappa shape index (κ1) is 10.5. The van der Waals surface area contributed by atoms with Gasteiger partial charge < -0.3 is 5.73 Å². The Morgan fingerprint density at radius 3 is 2.67 bits per heavy atom. The fourth-order valence-corrected chi connectivity index (χ4v) is 2.82. The van der Waals surface area contributed by atoms with Crippen molar-refractivity contribution in [3.05, 3.63) is 29.3 Å². The molecule has 0 aromatic heterocycles. The lowest BCUT2D eigenvalue weighted by molar-refractivity contribution is 0.344. The summed E-state index contributed by atoms with van der Waals surface area (Å²) in [7, 11) is 0. The molecule has 1 fully saturated rings. The van der Waals surface area contributed by atoms with E-state index in [2.05, 4.69) is 32.0 Å². The minimum absolute atomic E-state index is 0.746. The zero-order valence-corrected chi connectivity index (χ0v) is 9.79. The molecule has 2 N–H and O–H groups in total. The zero-order chi connectivity index (χ0) is 10.8. The number of anilines is 1. The maximum Gasteiger partial charge on any atom is 0.0319 e. The molecule has 0 unspecified atom stereocenters. The van der Waals surface area contributed by atoms with E-state index in [0.29, 0.717) is 0 Å². The first-order valence-electron chi connectivity index (χ1n) is 6.02. The molecule has 15 heavy (non-hydrogen) atoms. The number of rotatable bonds is 1. The van der Waals surface area contributed by atoms with Crippen LogP contribution in [-0.4, -0.2) is 0 Å². The van der Waals surface area contributed by atoms with Gasteiger partial charge in [-0.2, -0.15) is 0 Å². The van der Waals surface area contributed by atoms with E-state index in [1.54, 1.807) is 0 Å². The molecule has 1 aromatic carbocycles. The third-order valence-corrected chi connectivity index (χ3v) is 3.53. The summed E-state index contributed by atoms with van der Waals surface area (Å²) in [6, 6.07) is 6.52. The van der Waals surface area contributed by atoms with Crippen LogP contribution in [-0.2, 0) is 0 Å². The molecule has 0 heterocycles. The van der Waals surface area contributed by atoms with Crippen molar-refractivity contribution in [3.63, 3.8) is 0 Å². The molecule has 1 aromatic rings. The van der Waals surface area contributed by atoms with E-state index in [4.69, 9.17) is 5.73 Å². The highest BCUT2D eigenvalue weighted by atomic mass is 14.5. The minimum atomic E-state index is 0.746. The van der Waals surface area contributed by atoms with E-state index in [9.17, 15) is 0 Å². The minimum Gasteiger partial charge on any atom is -0.399 e. The van der Waals surface area contributed by atoms with Crippen LogP contribution in [0.3, 0.4) is 0 Å². The molecule has 1 aliphatic rings. The first-order valence-corrected chi connectivity index (χ1v) is 6.02. The standard InChI is InChI=1S/C14H21N/c1-10-4-3-5-12(6-10)13-7-11(2)8-14(15)9-13/h7-10,12H,3-6,15H2,1-2H3/t10-,12+/m1/s1. The second-order valence-electron chi connectivity index (χ2n) is 5.15. The summed E-state index contributed by atoms with van der Waals surface area (Å²) < 4.78 is 0. The van der Waals surface area contributed by atoms with Crippen LogP contribution in [0.2, 0.25) is 0 Å². The van der Waals surface area contributed by atoms with Crippen molar-refractivity contribution >= 4 is 5.69 Å². The van der Waals surface area contributed by atoms with Crippen LogP contribution in [0, 0.1) is 12.8 Å². The Hall–Kier alpha value is -0.980. The van der Waals surface area contributed by atoms with E-state index < -0.39 is 0 Å². The van der Waals surface area contributed by atoms with Crippen LogP contribution >= 0.6 is 0 Å². The summed E-state index contributed by atoms with van der Waals surface area (Å²) >= 11 is 0. The van der Waals surface area contributed by atoms with Crippen molar-refractivity contribution in [1.82, 2.24) is 0 Å². The Balaban J connectivity index is 2.20. The number of hydrogen-bond donors (Lipinski definition) is 1. The molecular weight excluding hydrogens is 182 g/mol. The predicted octanol–water partition coefficient (Wildman–Crippen LogP) is 3.87. The molecule has 0 amide bonds. The highest BCUT2D eigenvalue weighted by Gasteiger charge is 2.20. The average molecular weight is 203 g/mol. The molecular formula is C14H21N. The number of benzene rings is 1. The SMILES string of the molecule is Cc1cc(N)cc([C@H]2CCC[C@@H](C)C2)c1. The number of hydrogen-bond acceptors (Lipinski definition) is 1. The van der Waals surface area contributed by atoms with Gasteiger partial charge in [-0.15, -0.1) is 0 Å². The largest absolute Gasteiger partial charge is 0.399 e. The van der Waals surface area contributed by atoms with E-state index in [-0.39, 0.29) is 0 Å². The lowest BCUT2D eigenvalue weighted by Gasteiger charge is -2.27. The molecule has 82 valence electrons. The van der Waals surface area contributed by atoms with Crippen LogP contribution < -0.4 is 5.73 Å². The molecule has 0 radical (unpaired) electrons. The monoisotopic (exact) mass is 203 g/mol. The fourth-order valence-electron chi connectivity index (χ4n) is 2.82. The molecule has 0 bridgehead atoms. The van der Waals surface area contributed by atoms with Crippen molar-refractivity contribution in [2.45, 2.75) is 45.4 Å². The third kappa shape index (κ3) is 2.53. The first-order chi connectivity index (χ1) is 7.15. The van der Waals surface area contributed by atoms with Gasteiger partial charge in [0, 0.05) is 5.69 Å². The quantitative estimate of drug-likeness (QED) is 0.689. The lowest BCUT2D eigenvalue weighted by Crippen LogP contribution is -2.12. The van der Waals surface area contributed by atoms with Gasteiger partial charge >= 0.3 is 0 Å². The highest BCUT2D eigenvalue weighted by Crippen LogP contribution is 2.36. The van der Waals surface area contributed by atoms with Crippen molar-refractivity contribution in [1.29, 1.82) is 0 Å². The number of aryl methyl sites for hydroxylation is 1. The van der Waals surface area contributed by atoms with E-state index in [0.717, 1.165) is 17.5 Å². The van der Waals surface area contributed by atoms with Gasteiger partial charge in [-0.3, -0.25) is 0 Å². The Labute approximate surface area is 92.7 Å². The van der Waals surface area contributed by atoms with Gasteiger partial charge in [0.1, 0.15) is 0 Å². The molecule has 2 atom stereocenters. The second-order valence-corrected chi connectivity index (χ2v) is 5.15. The Morgan fingerprint density at radius 1 is 1.20 bits per heavy atom. The summed E-state index contributed by atoms with van der Waals surface area (Å²) in [5.41, 5.74) is 9.57. The van der Waals surface area contributed by atoms with Gasteiger partial charge in [0.05, 0.1) is 0 Å². The lowest BCUT2D eigenvalue weighted by atomic mass is 9.78. The van der Waals surface area contributed by atoms with Gasteiger partial charge in [0.15, 0.2) is 0 Å². The van der Waals surface area contributed by atoms with Gasteiger partial charge in [0.25, 0.3) is 0 Å². The molecule has 1 nitrogen and oxygen atoms in total. The van der Waals surface area contributed by atoms with Crippen molar-refractivity contribution in [2.75, 3.05) is 5.73 Å². The normalized spacial score (nSPS) is 26.5. The van der Waals surface area contributed by atoms with E-state index >= 15 is 0 Å². The molecule has 0 spiro atoms. The molecule has 2 rings (SSSR count). The van der Waals surface area contributed by atoms with E-state index in [1.165, 1.54) is 36.8 Å². The van der Waals surface area contributed by atoms with E-state index in [1.807, 2.05) is 0 Å². The number of nitrogens with two attached hydrogens (primary N) is 1. The van der Waals surface area contributed by atoms with Crippen LogP contribution in [0.25, 0.3) is 0 Å². The van der Waals surface area contributed by atoms with Crippen molar-refractivity contribution in [3.8, 4) is 0 Å². The third-order valence-electron chi connectivity index (χ3n) is 3.53. The van der Waals surface area contributed by atoms with Crippen LogP contribution in [0.4, 0.5) is 5.69 Å². The molecule has 1 heteroatoms.